The number of nitriles is 1. The van der Waals surface area contributed by atoms with Crippen molar-refractivity contribution in [1.29, 1.82) is 5.26 Å². The Morgan fingerprint density at radius 2 is 2.00 bits per heavy atom. The Kier molecular flexibility index (Phi) is 3.86. The van der Waals surface area contributed by atoms with Crippen LogP contribution in [0, 0.1) is 24.2 Å². The summed E-state index contributed by atoms with van der Waals surface area (Å²) in [6.45, 7) is 4.29. The molecule has 1 aromatic heterocycles. The first-order valence-corrected chi connectivity index (χ1v) is 6.72. The van der Waals surface area contributed by atoms with Crippen LogP contribution in [0.3, 0.4) is 0 Å². The molecule has 3 heteroatoms. The summed E-state index contributed by atoms with van der Waals surface area (Å²) in [5.74, 6) is 1.69. The third-order valence-corrected chi connectivity index (χ3v) is 4.12. The van der Waals surface area contributed by atoms with Gasteiger partial charge in [-0.05, 0) is 50.2 Å². The lowest BCUT2D eigenvalue weighted by Gasteiger charge is -2.34. The molecular formula is C15H21N3. The molecule has 1 aliphatic rings. The molecule has 0 aliphatic heterocycles. The van der Waals surface area contributed by atoms with E-state index in [0.717, 1.165) is 22.9 Å². The molecule has 0 unspecified atom stereocenters. The van der Waals surface area contributed by atoms with Crippen molar-refractivity contribution in [2.24, 2.45) is 5.92 Å². The number of aromatic nitrogens is 1. The SMILES string of the molecule is Cc1ccnc(N(C)C2CCC(C)CC2)c1C#N. The van der Waals surface area contributed by atoms with Crippen molar-refractivity contribution in [3.63, 3.8) is 0 Å². The predicted molar refractivity (Wildman–Crippen MR) is 73.5 cm³/mol. The average Bonchev–Trinajstić information content (AvgIpc) is 2.38. The standard InChI is InChI=1S/C15H21N3/c1-11-4-6-13(7-5-11)18(3)15-14(10-16)12(2)8-9-17-15/h8-9,11,13H,4-7H2,1-3H3. The first-order chi connectivity index (χ1) is 8.63. The molecule has 18 heavy (non-hydrogen) atoms. The van der Waals surface area contributed by atoms with Gasteiger partial charge < -0.3 is 4.90 Å². The van der Waals surface area contributed by atoms with Gasteiger partial charge in [0, 0.05) is 19.3 Å². The first kappa shape index (κ1) is 12.9. The Hall–Kier alpha value is -1.56. The van der Waals surface area contributed by atoms with Gasteiger partial charge in [0.2, 0.25) is 0 Å². The van der Waals surface area contributed by atoms with Crippen LogP contribution in [0.2, 0.25) is 0 Å². The van der Waals surface area contributed by atoms with Gasteiger partial charge in [-0.3, -0.25) is 0 Å². The minimum Gasteiger partial charge on any atom is -0.356 e. The van der Waals surface area contributed by atoms with Gasteiger partial charge in [-0.1, -0.05) is 6.92 Å². The average molecular weight is 243 g/mol. The topological polar surface area (TPSA) is 39.9 Å². The van der Waals surface area contributed by atoms with Gasteiger partial charge in [-0.25, -0.2) is 4.98 Å². The molecule has 0 aromatic carbocycles. The van der Waals surface area contributed by atoms with Gasteiger partial charge in [0.15, 0.2) is 0 Å². The van der Waals surface area contributed by atoms with Crippen LogP contribution < -0.4 is 4.90 Å². The maximum Gasteiger partial charge on any atom is 0.146 e. The van der Waals surface area contributed by atoms with Crippen molar-refractivity contribution >= 4 is 5.82 Å². The Morgan fingerprint density at radius 3 is 2.61 bits per heavy atom. The minimum atomic E-state index is 0.530. The molecule has 1 aromatic rings. The highest BCUT2D eigenvalue weighted by Crippen LogP contribution is 2.30. The van der Waals surface area contributed by atoms with Crippen LogP contribution >= 0.6 is 0 Å². The highest BCUT2D eigenvalue weighted by Gasteiger charge is 2.24. The van der Waals surface area contributed by atoms with E-state index in [1.54, 1.807) is 6.20 Å². The molecule has 1 heterocycles. The molecule has 0 radical (unpaired) electrons. The van der Waals surface area contributed by atoms with Gasteiger partial charge >= 0.3 is 0 Å². The molecule has 0 saturated heterocycles. The Bertz CT molecular complexity index is 453. The highest BCUT2D eigenvalue weighted by molar-refractivity contribution is 5.57. The Balaban J connectivity index is 2.21. The summed E-state index contributed by atoms with van der Waals surface area (Å²) < 4.78 is 0. The quantitative estimate of drug-likeness (QED) is 0.800. The maximum absolute atomic E-state index is 9.27. The van der Waals surface area contributed by atoms with Crippen LogP contribution in [0.25, 0.3) is 0 Å². The molecule has 3 nitrogen and oxygen atoms in total. The van der Waals surface area contributed by atoms with Crippen molar-refractivity contribution in [3.05, 3.63) is 23.4 Å². The Morgan fingerprint density at radius 1 is 1.33 bits per heavy atom. The molecule has 1 aliphatic carbocycles. The zero-order valence-electron chi connectivity index (χ0n) is 11.5. The van der Waals surface area contributed by atoms with E-state index in [9.17, 15) is 5.26 Å². The zero-order chi connectivity index (χ0) is 13.1. The third-order valence-electron chi connectivity index (χ3n) is 4.12. The minimum absolute atomic E-state index is 0.530. The first-order valence-electron chi connectivity index (χ1n) is 6.72. The fraction of sp³-hybridized carbons (Fsp3) is 0.600. The van der Waals surface area contributed by atoms with Crippen molar-refractivity contribution in [2.45, 2.75) is 45.6 Å². The number of anilines is 1. The van der Waals surface area contributed by atoms with E-state index in [4.69, 9.17) is 0 Å². The summed E-state index contributed by atoms with van der Waals surface area (Å²) in [7, 11) is 2.07. The summed E-state index contributed by atoms with van der Waals surface area (Å²) in [5, 5.41) is 9.27. The Labute approximate surface area is 109 Å². The monoisotopic (exact) mass is 243 g/mol. The second-order valence-corrected chi connectivity index (χ2v) is 5.46. The molecular weight excluding hydrogens is 222 g/mol. The van der Waals surface area contributed by atoms with E-state index >= 15 is 0 Å². The van der Waals surface area contributed by atoms with E-state index in [1.165, 1.54) is 25.7 Å². The van der Waals surface area contributed by atoms with Gasteiger partial charge in [-0.2, -0.15) is 5.26 Å². The van der Waals surface area contributed by atoms with Crippen LogP contribution in [0.5, 0.6) is 0 Å². The lowest BCUT2D eigenvalue weighted by Crippen LogP contribution is -2.35. The van der Waals surface area contributed by atoms with Crippen LogP contribution in [-0.4, -0.2) is 18.1 Å². The summed E-state index contributed by atoms with van der Waals surface area (Å²) in [6.07, 6.45) is 6.77. The van der Waals surface area contributed by atoms with Crippen LogP contribution in [0.4, 0.5) is 5.82 Å². The molecule has 0 N–H and O–H groups in total. The van der Waals surface area contributed by atoms with Crippen molar-refractivity contribution in [1.82, 2.24) is 4.98 Å². The van der Waals surface area contributed by atoms with E-state index in [0.29, 0.717) is 6.04 Å². The van der Waals surface area contributed by atoms with Crippen molar-refractivity contribution in [3.8, 4) is 6.07 Å². The lowest BCUT2D eigenvalue weighted by molar-refractivity contribution is 0.340. The fourth-order valence-electron chi connectivity index (χ4n) is 2.75. The molecule has 0 bridgehead atoms. The van der Waals surface area contributed by atoms with Gasteiger partial charge in [0.05, 0.1) is 5.56 Å². The molecule has 0 atom stereocenters. The van der Waals surface area contributed by atoms with E-state index in [1.807, 2.05) is 13.0 Å². The summed E-state index contributed by atoms with van der Waals surface area (Å²) in [6, 6.07) is 4.72. The molecule has 0 spiro atoms. The number of hydrogen-bond acceptors (Lipinski definition) is 3. The van der Waals surface area contributed by atoms with Gasteiger partial charge in [0.1, 0.15) is 11.9 Å². The highest BCUT2D eigenvalue weighted by atomic mass is 15.2. The molecule has 1 saturated carbocycles. The molecule has 0 amide bonds. The second-order valence-electron chi connectivity index (χ2n) is 5.46. The fourth-order valence-corrected chi connectivity index (χ4v) is 2.75. The number of hydrogen-bond donors (Lipinski definition) is 0. The predicted octanol–water partition coefficient (Wildman–Crippen LogP) is 3.28. The van der Waals surface area contributed by atoms with Crippen LogP contribution in [-0.2, 0) is 0 Å². The van der Waals surface area contributed by atoms with Crippen LogP contribution in [0.15, 0.2) is 12.3 Å². The summed E-state index contributed by atoms with van der Waals surface area (Å²) in [4.78, 5) is 6.61. The summed E-state index contributed by atoms with van der Waals surface area (Å²) in [5.41, 5.74) is 1.73. The van der Waals surface area contributed by atoms with E-state index in [2.05, 4.69) is 29.9 Å². The van der Waals surface area contributed by atoms with Crippen molar-refractivity contribution in [2.75, 3.05) is 11.9 Å². The van der Waals surface area contributed by atoms with E-state index in [-0.39, 0.29) is 0 Å². The molecule has 2 rings (SSSR count). The normalized spacial score (nSPS) is 23.4. The second kappa shape index (κ2) is 5.39. The van der Waals surface area contributed by atoms with Crippen molar-refractivity contribution < 1.29 is 0 Å². The number of rotatable bonds is 2. The molecule has 96 valence electrons. The summed E-state index contributed by atoms with van der Waals surface area (Å²) >= 11 is 0. The smallest absolute Gasteiger partial charge is 0.146 e. The van der Waals surface area contributed by atoms with Crippen LogP contribution in [0.1, 0.15) is 43.7 Å². The van der Waals surface area contributed by atoms with Gasteiger partial charge in [0.25, 0.3) is 0 Å². The number of pyridine rings is 1. The largest absolute Gasteiger partial charge is 0.356 e. The molecule has 1 fully saturated rings. The zero-order valence-corrected chi connectivity index (χ0v) is 11.5. The van der Waals surface area contributed by atoms with Gasteiger partial charge in [-0.15, -0.1) is 0 Å². The maximum atomic E-state index is 9.27. The third kappa shape index (κ3) is 2.48. The lowest BCUT2D eigenvalue weighted by atomic mass is 9.86. The number of aryl methyl sites for hydroxylation is 1. The number of nitrogens with zero attached hydrogens (tertiary/aromatic N) is 3. The van der Waals surface area contributed by atoms with E-state index < -0.39 is 0 Å².